The molecular formula is C20H30N4P2. The van der Waals surface area contributed by atoms with Crippen molar-refractivity contribution >= 4 is 28.1 Å². The first-order valence-corrected chi connectivity index (χ1v) is 11.5. The van der Waals surface area contributed by atoms with Gasteiger partial charge in [-0.1, -0.05) is 36.4 Å². The highest BCUT2D eigenvalue weighted by molar-refractivity contribution is 7.84. The molecule has 2 aromatic carbocycles. The van der Waals surface area contributed by atoms with E-state index in [0.29, 0.717) is 0 Å². The average molecular weight is 388 g/mol. The van der Waals surface area contributed by atoms with Crippen LogP contribution in [0, 0.1) is 0 Å². The number of rotatable bonds is 4. The quantitative estimate of drug-likeness (QED) is 0.559. The standard InChI is InChI=1S/C20H30N4P2/c1-19(2,3)23-25(21-17-13-9-7-10-14-17)24(20(4,5)6)26(23)22-18-15-11-8-12-16-18/h7-16,21-22H,1-6H3. The van der Waals surface area contributed by atoms with Crippen molar-refractivity contribution in [2.45, 2.75) is 52.6 Å². The van der Waals surface area contributed by atoms with Gasteiger partial charge in [0.15, 0.2) is 16.7 Å². The van der Waals surface area contributed by atoms with Crippen molar-refractivity contribution < 1.29 is 0 Å². The molecule has 26 heavy (non-hydrogen) atoms. The van der Waals surface area contributed by atoms with E-state index in [1.54, 1.807) is 0 Å². The lowest BCUT2D eigenvalue weighted by molar-refractivity contribution is 0.286. The molecule has 0 atom stereocenters. The monoisotopic (exact) mass is 388 g/mol. The molecule has 1 saturated heterocycles. The normalized spacial score (nSPS) is 21.9. The molecule has 0 unspecified atom stereocenters. The van der Waals surface area contributed by atoms with Crippen LogP contribution in [-0.2, 0) is 0 Å². The third-order valence-electron chi connectivity index (χ3n) is 3.92. The summed E-state index contributed by atoms with van der Waals surface area (Å²) >= 11 is 0. The van der Waals surface area contributed by atoms with Gasteiger partial charge in [0.05, 0.1) is 0 Å². The second-order valence-corrected chi connectivity index (χ2v) is 12.3. The van der Waals surface area contributed by atoms with Crippen LogP contribution in [0.4, 0.5) is 11.4 Å². The Morgan fingerprint density at radius 3 is 1.15 bits per heavy atom. The van der Waals surface area contributed by atoms with Crippen molar-refractivity contribution in [1.29, 1.82) is 0 Å². The Bertz CT molecular complexity index is 639. The van der Waals surface area contributed by atoms with Crippen molar-refractivity contribution in [3.63, 3.8) is 0 Å². The van der Waals surface area contributed by atoms with Gasteiger partial charge in [0.1, 0.15) is 0 Å². The molecule has 1 heterocycles. The summed E-state index contributed by atoms with van der Waals surface area (Å²) in [7, 11) is -1.26. The van der Waals surface area contributed by atoms with Gasteiger partial charge in [-0.05, 0) is 65.8 Å². The summed E-state index contributed by atoms with van der Waals surface area (Å²) in [5.41, 5.74) is 2.50. The van der Waals surface area contributed by atoms with Crippen molar-refractivity contribution in [2.24, 2.45) is 0 Å². The first-order valence-electron chi connectivity index (χ1n) is 9.02. The van der Waals surface area contributed by atoms with Gasteiger partial charge in [-0.25, -0.2) is 0 Å². The van der Waals surface area contributed by atoms with Crippen LogP contribution in [0.25, 0.3) is 0 Å². The summed E-state index contributed by atoms with van der Waals surface area (Å²) in [5, 5.41) is 7.60. The maximum absolute atomic E-state index is 3.80. The van der Waals surface area contributed by atoms with Gasteiger partial charge in [-0.15, -0.1) is 0 Å². The molecule has 0 aromatic heterocycles. The summed E-state index contributed by atoms with van der Waals surface area (Å²) in [4.78, 5) is 0. The highest BCUT2D eigenvalue weighted by Crippen LogP contribution is 2.79. The van der Waals surface area contributed by atoms with Gasteiger partial charge < -0.3 is 10.2 Å². The number of hydrogen-bond donors (Lipinski definition) is 2. The van der Waals surface area contributed by atoms with Gasteiger partial charge in [0, 0.05) is 22.5 Å². The molecule has 2 aromatic rings. The van der Waals surface area contributed by atoms with Gasteiger partial charge in [-0.3, -0.25) is 0 Å². The Balaban J connectivity index is 1.91. The van der Waals surface area contributed by atoms with Gasteiger partial charge in [0.2, 0.25) is 0 Å². The fourth-order valence-corrected chi connectivity index (χ4v) is 8.87. The van der Waals surface area contributed by atoms with E-state index in [-0.39, 0.29) is 11.1 Å². The maximum Gasteiger partial charge on any atom is 0.159 e. The number of hydrogen-bond acceptors (Lipinski definition) is 4. The number of para-hydroxylation sites is 2. The van der Waals surface area contributed by atoms with Crippen LogP contribution in [0.3, 0.4) is 0 Å². The summed E-state index contributed by atoms with van der Waals surface area (Å²) < 4.78 is 5.26. The van der Waals surface area contributed by atoms with Crippen LogP contribution in [0.15, 0.2) is 60.7 Å². The molecule has 0 spiro atoms. The fourth-order valence-electron chi connectivity index (χ4n) is 2.87. The molecule has 0 amide bonds. The molecule has 0 bridgehead atoms. The van der Waals surface area contributed by atoms with E-state index in [1.807, 2.05) is 0 Å². The highest BCUT2D eigenvalue weighted by atomic mass is 31.3. The first kappa shape index (κ1) is 19.6. The molecule has 2 N–H and O–H groups in total. The number of anilines is 2. The Morgan fingerprint density at radius 1 is 0.577 bits per heavy atom. The fraction of sp³-hybridized carbons (Fsp3) is 0.400. The molecule has 1 aliphatic heterocycles. The Morgan fingerprint density at radius 2 is 0.885 bits per heavy atom. The predicted molar refractivity (Wildman–Crippen MR) is 117 cm³/mol. The Labute approximate surface area is 160 Å². The molecule has 4 nitrogen and oxygen atoms in total. The van der Waals surface area contributed by atoms with Crippen LogP contribution in [-0.4, -0.2) is 20.0 Å². The van der Waals surface area contributed by atoms with Gasteiger partial charge >= 0.3 is 0 Å². The van der Waals surface area contributed by atoms with Crippen molar-refractivity contribution in [3.8, 4) is 0 Å². The lowest BCUT2D eigenvalue weighted by Gasteiger charge is -2.64. The van der Waals surface area contributed by atoms with Crippen LogP contribution in [0.2, 0.25) is 0 Å². The molecule has 0 aliphatic carbocycles. The molecule has 6 heteroatoms. The Kier molecular flexibility index (Phi) is 5.61. The smallest absolute Gasteiger partial charge is 0.159 e. The molecule has 0 saturated carbocycles. The minimum Gasteiger partial charge on any atom is -0.339 e. The van der Waals surface area contributed by atoms with Crippen LogP contribution in [0.5, 0.6) is 0 Å². The summed E-state index contributed by atoms with van der Waals surface area (Å²) in [5.74, 6) is 0. The molecule has 1 fully saturated rings. The predicted octanol–water partition coefficient (Wildman–Crippen LogP) is 6.88. The molecular weight excluding hydrogens is 358 g/mol. The van der Waals surface area contributed by atoms with E-state index in [4.69, 9.17) is 0 Å². The molecule has 1 aliphatic rings. The van der Waals surface area contributed by atoms with Crippen LogP contribution >= 0.6 is 16.7 Å². The lowest BCUT2D eigenvalue weighted by Crippen LogP contribution is -2.55. The minimum atomic E-state index is -0.630. The SMILES string of the molecule is CC(C)(C)N1P(Nc2ccccc2)N(C(C)(C)C)P1Nc1ccccc1. The third-order valence-corrected chi connectivity index (χ3v) is 10.7. The van der Waals surface area contributed by atoms with E-state index in [0.717, 1.165) is 0 Å². The zero-order valence-corrected chi connectivity index (χ0v) is 18.4. The Hall–Kier alpha value is -1.18. The average Bonchev–Trinajstić information content (AvgIpc) is 2.52. The molecule has 0 radical (unpaired) electrons. The third kappa shape index (κ3) is 4.21. The van der Waals surface area contributed by atoms with E-state index in [9.17, 15) is 0 Å². The van der Waals surface area contributed by atoms with E-state index >= 15 is 0 Å². The maximum atomic E-state index is 3.80. The van der Waals surface area contributed by atoms with Gasteiger partial charge in [-0.2, -0.15) is 8.88 Å². The summed E-state index contributed by atoms with van der Waals surface area (Å²) in [6.45, 7) is 13.8. The second kappa shape index (κ2) is 7.44. The van der Waals surface area contributed by atoms with Crippen molar-refractivity contribution in [3.05, 3.63) is 60.7 Å². The topological polar surface area (TPSA) is 30.5 Å². The number of nitrogens with zero attached hydrogens (tertiary/aromatic N) is 2. The highest BCUT2D eigenvalue weighted by Gasteiger charge is 2.57. The van der Waals surface area contributed by atoms with E-state index < -0.39 is 16.7 Å². The van der Waals surface area contributed by atoms with E-state index in [2.05, 4.69) is 121 Å². The zero-order chi connectivity index (χ0) is 18.9. The second-order valence-electron chi connectivity index (χ2n) is 8.46. The zero-order valence-electron chi connectivity index (χ0n) is 16.6. The lowest BCUT2D eigenvalue weighted by atomic mass is 10.1. The van der Waals surface area contributed by atoms with Crippen molar-refractivity contribution in [2.75, 3.05) is 10.2 Å². The summed E-state index contributed by atoms with van der Waals surface area (Å²) in [6, 6.07) is 21.1. The molecule has 3 rings (SSSR count). The van der Waals surface area contributed by atoms with E-state index in [1.165, 1.54) is 11.4 Å². The first-order chi connectivity index (χ1) is 12.2. The largest absolute Gasteiger partial charge is 0.339 e. The summed E-state index contributed by atoms with van der Waals surface area (Å²) in [6.07, 6.45) is 0. The van der Waals surface area contributed by atoms with Gasteiger partial charge in [0.25, 0.3) is 0 Å². The van der Waals surface area contributed by atoms with Crippen molar-refractivity contribution in [1.82, 2.24) is 8.88 Å². The number of benzene rings is 2. The molecule has 140 valence electrons. The number of nitrogens with one attached hydrogen (secondary N) is 2. The van der Waals surface area contributed by atoms with Crippen LogP contribution < -0.4 is 10.2 Å². The van der Waals surface area contributed by atoms with Crippen LogP contribution in [0.1, 0.15) is 41.5 Å². The minimum absolute atomic E-state index is 0.0721.